The van der Waals surface area contributed by atoms with E-state index in [-0.39, 0.29) is 0 Å². The highest BCUT2D eigenvalue weighted by molar-refractivity contribution is 6.69. The highest BCUT2D eigenvalue weighted by Gasteiger charge is 2.21. The van der Waals surface area contributed by atoms with Gasteiger partial charge < -0.3 is 9.22 Å². The Kier molecular flexibility index (Phi) is 4.44. The van der Waals surface area contributed by atoms with Crippen LogP contribution < -0.4 is 0 Å². The molecule has 1 aromatic rings. The molecule has 0 saturated carbocycles. The highest BCUT2D eigenvalue weighted by Crippen LogP contribution is 2.20. The number of aldehydes is 1. The van der Waals surface area contributed by atoms with Crippen molar-refractivity contribution in [1.82, 2.24) is 0 Å². The van der Waals surface area contributed by atoms with E-state index in [0.29, 0.717) is 0 Å². The Balaban J connectivity index is 2.83. The number of rotatable bonds is 5. The van der Waals surface area contributed by atoms with Crippen molar-refractivity contribution in [2.24, 2.45) is 0 Å². The standard InChI is InChI=1S/C13H20O2Si/c1-5-11-6-8-12(9-7-11)13(10-14)15-16(2,3)4/h6-10,13H,5H2,1-4H3. The smallest absolute Gasteiger partial charge is 0.185 e. The van der Waals surface area contributed by atoms with Crippen LogP contribution in [0, 0.1) is 0 Å². The fourth-order valence-electron chi connectivity index (χ4n) is 1.50. The Morgan fingerprint density at radius 3 is 2.19 bits per heavy atom. The number of aryl methyl sites for hydroxylation is 1. The van der Waals surface area contributed by atoms with Gasteiger partial charge >= 0.3 is 0 Å². The van der Waals surface area contributed by atoms with Crippen LogP contribution in [0.5, 0.6) is 0 Å². The van der Waals surface area contributed by atoms with Crippen LogP contribution >= 0.6 is 0 Å². The molecule has 0 amide bonds. The SMILES string of the molecule is CCc1ccc(C(C=O)O[Si](C)(C)C)cc1. The zero-order chi connectivity index (χ0) is 12.2. The molecule has 0 radical (unpaired) electrons. The summed E-state index contributed by atoms with van der Waals surface area (Å²) in [6.45, 7) is 8.38. The summed E-state index contributed by atoms with van der Waals surface area (Å²) in [4.78, 5) is 11.0. The van der Waals surface area contributed by atoms with Crippen molar-refractivity contribution in [3.05, 3.63) is 35.4 Å². The zero-order valence-corrected chi connectivity index (χ0v) is 11.5. The van der Waals surface area contributed by atoms with Gasteiger partial charge in [-0.25, -0.2) is 0 Å². The molecule has 0 saturated heterocycles. The molecule has 3 heteroatoms. The topological polar surface area (TPSA) is 26.3 Å². The summed E-state index contributed by atoms with van der Waals surface area (Å²) >= 11 is 0. The van der Waals surface area contributed by atoms with Crippen LogP contribution in [-0.2, 0) is 15.6 Å². The molecule has 0 bridgehead atoms. The van der Waals surface area contributed by atoms with E-state index in [2.05, 4.69) is 38.7 Å². The molecule has 2 nitrogen and oxygen atoms in total. The summed E-state index contributed by atoms with van der Waals surface area (Å²) in [5.41, 5.74) is 2.23. The molecule has 0 fully saturated rings. The fraction of sp³-hybridized carbons (Fsp3) is 0.462. The number of carbonyl (C=O) groups is 1. The Bertz CT molecular complexity index is 338. The number of hydrogen-bond donors (Lipinski definition) is 0. The normalized spacial score (nSPS) is 13.5. The maximum absolute atomic E-state index is 11.0. The van der Waals surface area contributed by atoms with Gasteiger partial charge in [0.15, 0.2) is 14.6 Å². The van der Waals surface area contributed by atoms with Crippen LogP contribution in [0.1, 0.15) is 24.2 Å². The van der Waals surface area contributed by atoms with E-state index in [9.17, 15) is 4.79 Å². The highest BCUT2D eigenvalue weighted by atomic mass is 28.4. The minimum absolute atomic E-state index is 0.405. The minimum atomic E-state index is -1.68. The molecule has 1 atom stereocenters. The van der Waals surface area contributed by atoms with Gasteiger partial charge in [0, 0.05) is 0 Å². The van der Waals surface area contributed by atoms with E-state index in [1.54, 1.807) is 0 Å². The third-order valence-corrected chi connectivity index (χ3v) is 3.28. The van der Waals surface area contributed by atoms with Gasteiger partial charge in [0.25, 0.3) is 0 Å². The average molecular weight is 236 g/mol. The van der Waals surface area contributed by atoms with E-state index >= 15 is 0 Å². The first-order valence-corrected chi connectivity index (χ1v) is 9.09. The van der Waals surface area contributed by atoms with Crippen molar-refractivity contribution < 1.29 is 9.22 Å². The monoisotopic (exact) mass is 236 g/mol. The molecule has 1 aromatic carbocycles. The summed E-state index contributed by atoms with van der Waals surface area (Å²) in [5, 5.41) is 0. The molecule has 0 heterocycles. The first-order chi connectivity index (χ1) is 7.46. The summed E-state index contributed by atoms with van der Waals surface area (Å²) < 4.78 is 5.82. The third-order valence-electron chi connectivity index (χ3n) is 2.32. The average Bonchev–Trinajstić information content (AvgIpc) is 2.25. The van der Waals surface area contributed by atoms with Crippen LogP contribution in [0.15, 0.2) is 24.3 Å². The Morgan fingerprint density at radius 2 is 1.81 bits per heavy atom. The molecular weight excluding hydrogens is 216 g/mol. The summed E-state index contributed by atoms with van der Waals surface area (Å²) in [6.07, 6.45) is 1.50. The minimum Gasteiger partial charge on any atom is -0.404 e. The van der Waals surface area contributed by atoms with Gasteiger partial charge in [0.2, 0.25) is 0 Å². The van der Waals surface area contributed by atoms with Crippen molar-refractivity contribution in [3.8, 4) is 0 Å². The van der Waals surface area contributed by atoms with E-state index < -0.39 is 14.4 Å². The second-order valence-electron chi connectivity index (χ2n) is 4.88. The lowest BCUT2D eigenvalue weighted by Gasteiger charge is -2.22. The zero-order valence-electron chi connectivity index (χ0n) is 10.5. The Hall–Kier alpha value is -0.933. The van der Waals surface area contributed by atoms with Crippen molar-refractivity contribution in [1.29, 1.82) is 0 Å². The Labute approximate surface area is 98.8 Å². The molecule has 0 aliphatic carbocycles. The van der Waals surface area contributed by atoms with E-state index in [1.165, 1.54) is 5.56 Å². The molecule has 0 N–H and O–H groups in total. The fourth-order valence-corrected chi connectivity index (χ4v) is 2.45. The van der Waals surface area contributed by atoms with E-state index in [0.717, 1.165) is 18.3 Å². The van der Waals surface area contributed by atoms with Crippen LogP contribution in [0.4, 0.5) is 0 Å². The van der Waals surface area contributed by atoms with Gasteiger partial charge in [-0.05, 0) is 37.2 Å². The van der Waals surface area contributed by atoms with Gasteiger partial charge in [-0.2, -0.15) is 0 Å². The third kappa shape index (κ3) is 3.91. The van der Waals surface area contributed by atoms with Crippen LogP contribution in [0.3, 0.4) is 0 Å². The number of hydrogen-bond acceptors (Lipinski definition) is 2. The van der Waals surface area contributed by atoms with Gasteiger partial charge in [-0.1, -0.05) is 31.2 Å². The maximum Gasteiger partial charge on any atom is 0.185 e. The molecule has 1 unspecified atom stereocenters. The lowest BCUT2D eigenvalue weighted by Crippen LogP contribution is -2.28. The van der Waals surface area contributed by atoms with Gasteiger partial charge in [-0.3, -0.25) is 0 Å². The quantitative estimate of drug-likeness (QED) is 0.579. The van der Waals surface area contributed by atoms with Gasteiger partial charge in [0.1, 0.15) is 6.10 Å². The van der Waals surface area contributed by atoms with Gasteiger partial charge in [-0.15, -0.1) is 0 Å². The lowest BCUT2D eigenvalue weighted by atomic mass is 10.1. The van der Waals surface area contributed by atoms with E-state index in [4.69, 9.17) is 4.43 Å². The van der Waals surface area contributed by atoms with Crippen molar-refractivity contribution in [2.75, 3.05) is 0 Å². The summed E-state index contributed by atoms with van der Waals surface area (Å²) in [5.74, 6) is 0. The largest absolute Gasteiger partial charge is 0.404 e. The van der Waals surface area contributed by atoms with Crippen molar-refractivity contribution in [3.63, 3.8) is 0 Å². The molecule has 88 valence electrons. The molecule has 1 rings (SSSR count). The van der Waals surface area contributed by atoms with E-state index in [1.807, 2.05) is 12.1 Å². The molecule has 0 spiro atoms. The van der Waals surface area contributed by atoms with Crippen molar-refractivity contribution in [2.45, 2.75) is 39.1 Å². The molecule has 16 heavy (non-hydrogen) atoms. The predicted octanol–water partition coefficient (Wildman–Crippen LogP) is 3.34. The first-order valence-electron chi connectivity index (χ1n) is 5.68. The Morgan fingerprint density at radius 1 is 1.25 bits per heavy atom. The van der Waals surface area contributed by atoms with Crippen LogP contribution in [0.2, 0.25) is 19.6 Å². The second-order valence-corrected chi connectivity index (χ2v) is 9.34. The lowest BCUT2D eigenvalue weighted by molar-refractivity contribution is -0.114. The predicted molar refractivity (Wildman–Crippen MR) is 69.1 cm³/mol. The molecule has 0 aromatic heterocycles. The molecule has 0 aliphatic rings. The van der Waals surface area contributed by atoms with Crippen molar-refractivity contribution >= 4 is 14.6 Å². The van der Waals surface area contributed by atoms with Gasteiger partial charge in [0.05, 0.1) is 0 Å². The summed E-state index contributed by atoms with van der Waals surface area (Å²) in [6, 6.07) is 8.08. The first kappa shape index (κ1) is 13.1. The van der Waals surface area contributed by atoms with Crippen LogP contribution in [-0.4, -0.2) is 14.6 Å². The second kappa shape index (κ2) is 5.41. The maximum atomic E-state index is 11.0. The molecular formula is C13H20O2Si. The van der Waals surface area contributed by atoms with Crippen LogP contribution in [0.25, 0.3) is 0 Å². The number of benzene rings is 1. The summed E-state index contributed by atoms with van der Waals surface area (Å²) in [7, 11) is -1.68. The number of carbonyl (C=O) groups excluding carboxylic acids is 1. The molecule has 0 aliphatic heterocycles.